The minimum atomic E-state index is 0.249. The molecule has 1 heterocycles. The van der Waals surface area contributed by atoms with Gasteiger partial charge in [0.2, 0.25) is 5.89 Å². The molecule has 0 spiro atoms. The zero-order valence-electron chi connectivity index (χ0n) is 7.11. The number of carbonyl (C=O) groups excluding carboxylic acids is 1. The van der Waals surface area contributed by atoms with Gasteiger partial charge in [0.15, 0.2) is 12.0 Å². The van der Waals surface area contributed by atoms with Gasteiger partial charge in [-0.25, -0.2) is 4.98 Å². The first-order valence-electron chi connectivity index (χ1n) is 3.96. The first-order chi connectivity index (χ1) is 6.79. The predicted octanol–water partition coefficient (Wildman–Crippen LogP) is 2.76. The van der Waals surface area contributed by atoms with E-state index in [1.54, 1.807) is 0 Å². The fourth-order valence-corrected chi connectivity index (χ4v) is 1.64. The fraction of sp³-hybridized carbons (Fsp3) is 0. The topological polar surface area (TPSA) is 43.1 Å². The number of hydrogen-bond acceptors (Lipinski definition) is 3. The van der Waals surface area contributed by atoms with Crippen LogP contribution in [-0.2, 0) is 0 Å². The van der Waals surface area contributed by atoms with Crippen LogP contribution in [-0.4, -0.2) is 11.3 Å². The van der Waals surface area contributed by atoms with Crippen molar-refractivity contribution in [1.82, 2.24) is 4.98 Å². The molecule has 3 nitrogen and oxygen atoms in total. The maximum absolute atomic E-state index is 10.4. The first kappa shape index (κ1) is 9.39. The van der Waals surface area contributed by atoms with E-state index in [4.69, 9.17) is 4.42 Å². The number of halogens is 1. The summed E-state index contributed by atoms with van der Waals surface area (Å²) in [5, 5.41) is 0. The monoisotopic (exact) mass is 299 g/mol. The van der Waals surface area contributed by atoms with Crippen LogP contribution < -0.4 is 0 Å². The molecular weight excluding hydrogens is 293 g/mol. The number of benzene rings is 1. The van der Waals surface area contributed by atoms with Crippen LogP contribution >= 0.6 is 22.6 Å². The Labute approximate surface area is 94.3 Å². The molecule has 14 heavy (non-hydrogen) atoms. The van der Waals surface area contributed by atoms with Crippen molar-refractivity contribution in [3.05, 3.63) is 39.8 Å². The van der Waals surface area contributed by atoms with Crippen molar-refractivity contribution in [1.29, 1.82) is 0 Å². The van der Waals surface area contributed by atoms with Crippen molar-refractivity contribution in [2.24, 2.45) is 0 Å². The van der Waals surface area contributed by atoms with Crippen LogP contribution in [0.1, 0.15) is 10.6 Å². The van der Waals surface area contributed by atoms with Crippen LogP contribution in [0.25, 0.3) is 11.5 Å². The van der Waals surface area contributed by atoms with E-state index in [1.807, 2.05) is 24.3 Å². The Morgan fingerprint density at radius 2 is 2.29 bits per heavy atom. The molecule has 0 atom stereocenters. The molecule has 0 unspecified atom stereocenters. The third-order valence-electron chi connectivity index (χ3n) is 1.71. The molecule has 0 N–H and O–H groups in total. The molecule has 0 bridgehead atoms. The van der Waals surface area contributed by atoms with Gasteiger partial charge in [-0.2, -0.15) is 0 Å². The number of nitrogens with zero attached hydrogens (tertiary/aromatic N) is 1. The number of rotatable bonds is 2. The SMILES string of the molecule is O=Cc1cnc(-c2cccc(I)c2)o1. The zero-order chi connectivity index (χ0) is 9.97. The van der Waals surface area contributed by atoms with Gasteiger partial charge in [0.25, 0.3) is 0 Å². The quantitative estimate of drug-likeness (QED) is 0.632. The van der Waals surface area contributed by atoms with Gasteiger partial charge in [-0.05, 0) is 40.8 Å². The molecule has 0 aliphatic rings. The summed E-state index contributed by atoms with van der Waals surface area (Å²) in [5.74, 6) is 0.726. The van der Waals surface area contributed by atoms with Crippen LogP contribution in [0.3, 0.4) is 0 Å². The third-order valence-corrected chi connectivity index (χ3v) is 2.38. The molecule has 1 aromatic heterocycles. The summed E-state index contributed by atoms with van der Waals surface area (Å²) in [6.07, 6.45) is 2.06. The van der Waals surface area contributed by atoms with Gasteiger partial charge in [-0.15, -0.1) is 0 Å². The average molecular weight is 299 g/mol. The zero-order valence-corrected chi connectivity index (χ0v) is 9.26. The number of aromatic nitrogens is 1. The second-order valence-corrected chi connectivity index (χ2v) is 3.94. The van der Waals surface area contributed by atoms with E-state index in [0.717, 1.165) is 9.13 Å². The second-order valence-electron chi connectivity index (χ2n) is 2.70. The van der Waals surface area contributed by atoms with Gasteiger partial charge in [-0.3, -0.25) is 4.79 Å². The molecule has 0 aliphatic heterocycles. The smallest absolute Gasteiger partial charge is 0.226 e. The molecular formula is C10H6INO2. The lowest BCUT2D eigenvalue weighted by Crippen LogP contribution is -1.77. The molecule has 0 amide bonds. The van der Waals surface area contributed by atoms with Gasteiger partial charge >= 0.3 is 0 Å². The van der Waals surface area contributed by atoms with E-state index in [-0.39, 0.29) is 5.76 Å². The number of hydrogen-bond donors (Lipinski definition) is 0. The van der Waals surface area contributed by atoms with E-state index in [1.165, 1.54) is 6.20 Å². The summed E-state index contributed by atoms with van der Waals surface area (Å²) in [5.41, 5.74) is 0.880. The predicted molar refractivity (Wildman–Crippen MR) is 60.0 cm³/mol. The Hall–Kier alpha value is -1.17. The van der Waals surface area contributed by atoms with Crippen LogP contribution in [0.15, 0.2) is 34.9 Å². The Morgan fingerprint density at radius 1 is 1.43 bits per heavy atom. The largest absolute Gasteiger partial charge is 0.433 e. The maximum Gasteiger partial charge on any atom is 0.226 e. The number of oxazole rings is 1. The van der Waals surface area contributed by atoms with Crippen molar-refractivity contribution < 1.29 is 9.21 Å². The summed E-state index contributed by atoms with van der Waals surface area (Å²) < 4.78 is 6.29. The molecule has 0 saturated carbocycles. The molecule has 2 rings (SSSR count). The van der Waals surface area contributed by atoms with E-state index in [2.05, 4.69) is 27.6 Å². The lowest BCUT2D eigenvalue weighted by atomic mass is 10.2. The normalized spacial score (nSPS) is 10.1. The minimum Gasteiger partial charge on any atom is -0.433 e. The minimum absolute atomic E-state index is 0.249. The van der Waals surface area contributed by atoms with Gasteiger partial charge in [0, 0.05) is 9.13 Å². The van der Waals surface area contributed by atoms with Gasteiger partial charge < -0.3 is 4.42 Å². The Morgan fingerprint density at radius 3 is 2.93 bits per heavy atom. The van der Waals surface area contributed by atoms with E-state index < -0.39 is 0 Å². The highest BCUT2D eigenvalue weighted by Crippen LogP contribution is 2.20. The van der Waals surface area contributed by atoms with Gasteiger partial charge in [-0.1, -0.05) is 6.07 Å². The van der Waals surface area contributed by atoms with Gasteiger partial charge in [0.05, 0.1) is 6.20 Å². The van der Waals surface area contributed by atoms with E-state index in [0.29, 0.717) is 12.2 Å². The van der Waals surface area contributed by atoms with Crippen LogP contribution in [0.2, 0.25) is 0 Å². The maximum atomic E-state index is 10.4. The average Bonchev–Trinajstić information content (AvgIpc) is 2.66. The first-order valence-corrected chi connectivity index (χ1v) is 5.04. The lowest BCUT2D eigenvalue weighted by Gasteiger charge is -1.95. The molecule has 0 saturated heterocycles. The van der Waals surface area contributed by atoms with Crippen molar-refractivity contribution in [2.45, 2.75) is 0 Å². The third kappa shape index (κ3) is 1.84. The molecule has 70 valence electrons. The Kier molecular flexibility index (Phi) is 2.62. The van der Waals surface area contributed by atoms with Crippen LogP contribution in [0.4, 0.5) is 0 Å². The fourth-order valence-electron chi connectivity index (χ4n) is 1.10. The van der Waals surface area contributed by atoms with E-state index in [9.17, 15) is 4.79 Å². The highest BCUT2D eigenvalue weighted by molar-refractivity contribution is 14.1. The van der Waals surface area contributed by atoms with Crippen molar-refractivity contribution in [2.75, 3.05) is 0 Å². The lowest BCUT2D eigenvalue weighted by molar-refractivity contribution is 0.110. The van der Waals surface area contributed by atoms with Crippen LogP contribution in [0, 0.1) is 3.57 Å². The summed E-state index contributed by atoms with van der Waals surface area (Å²) in [7, 11) is 0. The molecule has 2 aromatic rings. The summed E-state index contributed by atoms with van der Waals surface area (Å²) >= 11 is 2.21. The standard InChI is InChI=1S/C10H6INO2/c11-8-3-1-2-7(4-8)10-12-5-9(6-13)14-10/h1-6H. The van der Waals surface area contributed by atoms with Gasteiger partial charge in [0.1, 0.15) is 0 Å². The molecule has 0 radical (unpaired) electrons. The van der Waals surface area contributed by atoms with E-state index >= 15 is 0 Å². The number of carbonyl (C=O) groups is 1. The van der Waals surface area contributed by atoms with Crippen LogP contribution in [0.5, 0.6) is 0 Å². The molecule has 0 fully saturated rings. The van der Waals surface area contributed by atoms with Crippen molar-refractivity contribution in [3.8, 4) is 11.5 Å². The second kappa shape index (κ2) is 3.91. The highest BCUT2D eigenvalue weighted by Gasteiger charge is 2.05. The summed E-state index contributed by atoms with van der Waals surface area (Å²) in [6.45, 7) is 0. The van der Waals surface area contributed by atoms with Crippen molar-refractivity contribution in [3.63, 3.8) is 0 Å². The van der Waals surface area contributed by atoms with Crippen molar-refractivity contribution >= 4 is 28.9 Å². The summed E-state index contributed by atoms with van der Waals surface area (Å²) in [4.78, 5) is 14.4. The molecule has 4 heteroatoms. The highest BCUT2D eigenvalue weighted by atomic mass is 127. The molecule has 1 aromatic carbocycles. The Balaban J connectivity index is 2.43. The number of aldehydes is 1. The Bertz CT molecular complexity index is 465. The molecule has 0 aliphatic carbocycles. The summed E-state index contributed by atoms with van der Waals surface area (Å²) in [6, 6.07) is 7.74.